The Labute approximate surface area is 222 Å². The van der Waals surface area contributed by atoms with E-state index >= 15 is 0 Å². The Bertz CT molecular complexity index is 926. The molecular formula is C27H40IN5O. The molecule has 1 aliphatic carbocycles. The largest absolute Gasteiger partial charge is 0.356 e. The van der Waals surface area contributed by atoms with Crippen LogP contribution in [0.25, 0.3) is 0 Å². The Morgan fingerprint density at radius 2 is 1.76 bits per heavy atom. The molecule has 0 radical (unpaired) electrons. The van der Waals surface area contributed by atoms with Gasteiger partial charge in [0.1, 0.15) is 0 Å². The van der Waals surface area contributed by atoms with Crippen molar-refractivity contribution in [2.24, 2.45) is 4.99 Å². The van der Waals surface area contributed by atoms with Crippen molar-refractivity contribution in [2.75, 3.05) is 34.2 Å². The number of nitrogens with one attached hydrogen (secondary N) is 3. The highest BCUT2D eigenvalue weighted by atomic mass is 127. The predicted molar refractivity (Wildman–Crippen MR) is 152 cm³/mol. The molecule has 1 atom stereocenters. The molecule has 0 spiro atoms. The molecule has 0 aliphatic heterocycles. The molecule has 2 aromatic carbocycles. The first-order valence-electron chi connectivity index (χ1n) is 12.0. The van der Waals surface area contributed by atoms with E-state index in [0.29, 0.717) is 6.04 Å². The molecule has 1 saturated carbocycles. The summed E-state index contributed by atoms with van der Waals surface area (Å²) in [5, 5.41) is 10.9. The summed E-state index contributed by atoms with van der Waals surface area (Å²) in [6.07, 6.45) is 5.67. The fourth-order valence-corrected chi connectivity index (χ4v) is 4.63. The molecule has 0 saturated heterocycles. The van der Waals surface area contributed by atoms with Gasteiger partial charge >= 0.3 is 0 Å². The smallest absolute Gasteiger partial charge is 0.253 e. The van der Waals surface area contributed by atoms with Gasteiger partial charge < -0.3 is 20.9 Å². The maximum atomic E-state index is 12.2. The Balaban J connectivity index is 0.00000408. The first kappa shape index (κ1) is 28.1. The average Bonchev–Trinajstić information content (AvgIpc) is 3.29. The SMILES string of the molecule is CN=C(NCCc1cccc(C(=O)N(C)C)c1)NCC1(NC(C)c2ccccc2)CCCC1.I. The lowest BCUT2D eigenvalue weighted by Crippen LogP contribution is -2.54. The molecule has 2 aromatic rings. The van der Waals surface area contributed by atoms with Crippen molar-refractivity contribution in [1.82, 2.24) is 20.9 Å². The molecule has 1 fully saturated rings. The monoisotopic (exact) mass is 577 g/mol. The van der Waals surface area contributed by atoms with E-state index in [2.05, 4.69) is 64.3 Å². The van der Waals surface area contributed by atoms with E-state index in [-0.39, 0.29) is 35.4 Å². The fourth-order valence-electron chi connectivity index (χ4n) is 4.63. The van der Waals surface area contributed by atoms with Crippen LogP contribution in [0.4, 0.5) is 0 Å². The van der Waals surface area contributed by atoms with Gasteiger partial charge in [-0.3, -0.25) is 9.79 Å². The topological polar surface area (TPSA) is 68.8 Å². The fraction of sp³-hybridized carbons (Fsp3) is 0.481. The van der Waals surface area contributed by atoms with Crippen molar-refractivity contribution in [3.63, 3.8) is 0 Å². The van der Waals surface area contributed by atoms with Crippen LogP contribution in [0.3, 0.4) is 0 Å². The summed E-state index contributed by atoms with van der Waals surface area (Å²) in [6.45, 7) is 3.84. The number of benzene rings is 2. The number of halogens is 1. The van der Waals surface area contributed by atoms with Crippen LogP contribution in [-0.4, -0.2) is 56.5 Å². The summed E-state index contributed by atoms with van der Waals surface area (Å²) in [4.78, 5) is 18.2. The van der Waals surface area contributed by atoms with Crippen molar-refractivity contribution >= 4 is 35.8 Å². The minimum Gasteiger partial charge on any atom is -0.356 e. The van der Waals surface area contributed by atoms with Gasteiger partial charge in [0.2, 0.25) is 0 Å². The summed E-state index contributed by atoms with van der Waals surface area (Å²) in [7, 11) is 5.37. The molecule has 0 heterocycles. The van der Waals surface area contributed by atoms with Gasteiger partial charge in [-0.15, -0.1) is 24.0 Å². The summed E-state index contributed by atoms with van der Waals surface area (Å²) >= 11 is 0. The van der Waals surface area contributed by atoms with Gasteiger partial charge in [-0.1, -0.05) is 55.3 Å². The van der Waals surface area contributed by atoms with E-state index in [4.69, 9.17) is 0 Å². The maximum absolute atomic E-state index is 12.2. The van der Waals surface area contributed by atoms with Gasteiger partial charge in [-0.25, -0.2) is 0 Å². The van der Waals surface area contributed by atoms with Crippen LogP contribution in [0.5, 0.6) is 0 Å². The molecule has 3 rings (SSSR count). The number of aliphatic imine (C=N–C) groups is 1. The van der Waals surface area contributed by atoms with Gasteiger partial charge in [-0.2, -0.15) is 0 Å². The van der Waals surface area contributed by atoms with Crippen LogP contribution >= 0.6 is 24.0 Å². The highest BCUT2D eigenvalue weighted by Crippen LogP contribution is 2.31. The van der Waals surface area contributed by atoms with Crippen molar-refractivity contribution in [3.8, 4) is 0 Å². The first-order chi connectivity index (χ1) is 15.9. The second-order valence-electron chi connectivity index (χ2n) is 9.27. The maximum Gasteiger partial charge on any atom is 0.253 e. The molecule has 34 heavy (non-hydrogen) atoms. The van der Waals surface area contributed by atoms with Crippen molar-refractivity contribution in [3.05, 3.63) is 71.3 Å². The van der Waals surface area contributed by atoms with Crippen LogP contribution < -0.4 is 16.0 Å². The molecule has 0 bridgehead atoms. The summed E-state index contributed by atoms with van der Waals surface area (Å²) in [5.74, 6) is 0.845. The van der Waals surface area contributed by atoms with Crippen molar-refractivity contribution in [2.45, 2.75) is 50.6 Å². The van der Waals surface area contributed by atoms with E-state index in [1.165, 1.54) is 31.2 Å². The molecular weight excluding hydrogens is 537 g/mol. The second kappa shape index (κ2) is 13.7. The number of amides is 1. The summed E-state index contributed by atoms with van der Waals surface area (Å²) in [5.41, 5.74) is 3.26. The zero-order chi connectivity index (χ0) is 23.7. The van der Waals surface area contributed by atoms with Crippen LogP contribution in [0.2, 0.25) is 0 Å². The molecule has 1 aliphatic rings. The van der Waals surface area contributed by atoms with Crippen LogP contribution in [0, 0.1) is 0 Å². The Morgan fingerprint density at radius 1 is 1.06 bits per heavy atom. The number of hydrogen-bond acceptors (Lipinski definition) is 3. The number of carbonyl (C=O) groups excluding carboxylic acids is 1. The molecule has 6 nitrogen and oxygen atoms in total. The van der Waals surface area contributed by atoms with Crippen LogP contribution in [0.1, 0.15) is 60.1 Å². The third-order valence-electron chi connectivity index (χ3n) is 6.49. The Hall–Kier alpha value is -2.13. The standard InChI is InChI=1S/C27H39N5O.HI/c1-21(23-12-6-5-7-13-23)31-27(16-8-9-17-27)20-30-26(28-2)29-18-15-22-11-10-14-24(19-22)25(33)32(3)4;/h5-7,10-14,19,21,31H,8-9,15-18,20H2,1-4H3,(H2,28,29,30);1H. The zero-order valence-corrected chi connectivity index (χ0v) is 23.3. The Morgan fingerprint density at radius 3 is 2.41 bits per heavy atom. The number of guanidine groups is 1. The van der Waals surface area contributed by atoms with E-state index in [1.807, 2.05) is 25.2 Å². The molecule has 186 valence electrons. The van der Waals surface area contributed by atoms with Crippen LogP contribution in [0.15, 0.2) is 59.6 Å². The molecule has 1 amide bonds. The quantitative estimate of drug-likeness (QED) is 0.235. The Kier molecular flexibility index (Phi) is 11.3. The second-order valence-corrected chi connectivity index (χ2v) is 9.27. The lowest BCUT2D eigenvalue weighted by atomic mass is 9.94. The summed E-state index contributed by atoms with van der Waals surface area (Å²) < 4.78 is 0. The van der Waals surface area contributed by atoms with E-state index < -0.39 is 0 Å². The molecule has 0 aromatic heterocycles. The minimum absolute atomic E-state index is 0. The minimum atomic E-state index is 0. The van der Waals surface area contributed by atoms with Gasteiger partial charge in [0.25, 0.3) is 5.91 Å². The van der Waals surface area contributed by atoms with Gasteiger partial charge in [0, 0.05) is 51.4 Å². The van der Waals surface area contributed by atoms with E-state index in [1.54, 1.807) is 19.0 Å². The molecule has 3 N–H and O–H groups in total. The summed E-state index contributed by atoms with van der Waals surface area (Å²) in [6, 6.07) is 18.8. The van der Waals surface area contributed by atoms with E-state index in [0.717, 1.165) is 36.6 Å². The van der Waals surface area contributed by atoms with Gasteiger partial charge in [0.05, 0.1) is 0 Å². The van der Waals surface area contributed by atoms with Crippen molar-refractivity contribution < 1.29 is 4.79 Å². The number of carbonyl (C=O) groups is 1. The molecule has 7 heteroatoms. The highest BCUT2D eigenvalue weighted by molar-refractivity contribution is 14.0. The highest BCUT2D eigenvalue weighted by Gasteiger charge is 2.35. The average molecular weight is 578 g/mol. The van der Waals surface area contributed by atoms with Gasteiger partial charge in [0.15, 0.2) is 5.96 Å². The lowest BCUT2D eigenvalue weighted by molar-refractivity contribution is 0.0827. The van der Waals surface area contributed by atoms with E-state index in [9.17, 15) is 4.79 Å². The van der Waals surface area contributed by atoms with Crippen molar-refractivity contribution in [1.29, 1.82) is 0 Å². The van der Waals surface area contributed by atoms with Crippen LogP contribution in [-0.2, 0) is 6.42 Å². The lowest BCUT2D eigenvalue weighted by Gasteiger charge is -2.35. The third-order valence-corrected chi connectivity index (χ3v) is 6.49. The zero-order valence-electron chi connectivity index (χ0n) is 20.9. The van der Waals surface area contributed by atoms with Gasteiger partial charge in [-0.05, 0) is 49.4 Å². The first-order valence-corrected chi connectivity index (χ1v) is 12.0. The number of nitrogens with zero attached hydrogens (tertiary/aromatic N) is 2. The number of hydrogen-bond donors (Lipinski definition) is 3. The third kappa shape index (κ3) is 7.98. The predicted octanol–water partition coefficient (Wildman–Crippen LogP) is 4.38. The molecule has 1 unspecified atom stereocenters. The number of rotatable bonds is 9. The normalized spacial score (nSPS) is 15.8.